The van der Waals surface area contributed by atoms with Gasteiger partial charge in [-0.15, -0.1) is 11.3 Å². The number of piperidine rings is 1. The summed E-state index contributed by atoms with van der Waals surface area (Å²) in [5.41, 5.74) is 6.23. The van der Waals surface area contributed by atoms with Crippen LogP contribution in [-0.4, -0.2) is 23.5 Å². The molecule has 2 nitrogen and oxygen atoms in total. The van der Waals surface area contributed by atoms with Crippen molar-refractivity contribution in [2.75, 3.05) is 6.54 Å². The third-order valence-electron chi connectivity index (χ3n) is 3.86. The highest BCUT2D eigenvalue weighted by Crippen LogP contribution is 2.34. The summed E-state index contributed by atoms with van der Waals surface area (Å²) in [5, 5.41) is 2.16. The quantitative estimate of drug-likeness (QED) is 0.894. The van der Waals surface area contributed by atoms with Gasteiger partial charge in [-0.25, -0.2) is 0 Å². The van der Waals surface area contributed by atoms with E-state index in [1.807, 2.05) is 11.3 Å². The second kappa shape index (κ2) is 5.51. The third kappa shape index (κ3) is 2.90. The van der Waals surface area contributed by atoms with Crippen molar-refractivity contribution >= 4 is 11.3 Å². The molecule has 17 heavy (non-hydrogen) atoms. The molecule has 0 bridgehead atoms. The third-order valence-corrected chi connectivity index (χ3v) is 4.80. The average Bonchev–Trinajstić information content (AvgIpc) is 2.76. The fourth-order valence-electron chi connectivity index (χ4n) is 2.89. The molecule has 2 N–H and O–H groups in total. The van der Waals surface area contributed by atoms with Crippen LogP contribution in [0.5, 0.6) is 0 Å². The molecule has 0 amide bonds. The van der Waals surface area contributed by atoms with Gasteiger partial charge in [0.2, 0.25) is 0 Å². The van der Waals surface area contributed by atoms with E-state index in [4.69, 9.17) is 5.73 Å². The minimum Gasteiger partial charge on any atom is -0.326 e. The first-order valence-electron chi connectivity index (χ1n) is 6.64. The van der Waals surface area contributed by atoms with Crippen molar-refractivity contribution in [3.05, 3.63) is 22.4 Å². The Balaban J connectivity index is 2.20. The van der Waals surface area contributed by atoms with Gasteiger partial charge >= 0.3 is 0 Å². The van der Waals surface area contributed by atoms with Crippen molar-refractivity contribution in [3.63, 3.8) is 0 Å². The molecule has 1 saturated heterocycles. The molecule has 96 valence electrons. The number of nitrogens with zero attached hydrogens (tertiary/aromatic N) is 1. The van der Waals surface area contributed by atoms with E-state index < -0.39 is 0 Å². The van der Waals surface area contributed by atoms with Gasteiger partial charge in [-0.05, 0) is 44.1 Å². The highest BCUT2D eigenvalue weighted by molar-refractivity contribution is 7.10. The molecule has 1 aromatic rings. The van der Waals surface area contributed by atoms with Crippen molar-refractivity contribution in [1.82, 2.24) is 4.90 Å². The van der Waals surface area contributed by atoms with Crippen LogP contribution in [0.15, 0.2) is 17.5 Å². The van der Waals surface area contributed by atoms with Gasteiger partial charge in [0.1, 0.15) is 0 Å². The monoisotopic (exact) mass is 252 g/mol. The SMILES string of the molecule is CC1CCC(C)N(C(c2cccs2)C(C)N)C1. The predicted octanol–water partition coefficient (Wildman–Crippen LogP) is 3.26. The summed E-state index contributed by atoms with van der Waals surface area (Å²) < 4.78 is 0. The first-order chi connectivity index (χ1) is 8.09. The van der Waals surface area contributed by atoms with Crippen LogP contribution in [0.3, 0.4) is 0 Å². The van der Waals surface area contributed by atoms with Gasteiger partial charge in [0.15, 0.2) is 0 Å². The molecule has 0 radical (unpaired) electrons. The fraction of sp³-hybridized carbons (Fsp3) is 0.714. The molecule has 4 unspecified atom stereocenters. The van der Waals surface area contributed by atoms with Gasteiger partial charge in [0.25, 0.3) is 0 Å². The number of hydrogen-bond donors (Lipinski definition) is 1. The lowest BCUT2D eigenvalue weighted by Gasteiger charge is -2.43. The Morgan fingerprint density at radius 3 is 2.76 bits per heavy atom. The summed E-state index contributed by atoms with van der Waals surface area (Å²) in [6, 6.07) is 5.61. The van der Waals surface area contributed by atoms with Crippen molar-refractivity contribution < 1.29 is 0 Å². The maximum Gasteiger partial charge on any atom is 0.0593 e. The van der Waals surface area contributed by atoms with Crippen LogP contribution in [-0.2, 0) is 0 Å². The maximum absolute atomic E-state index is 6.23. The Morgan fingerprint density at radius 1 is 1.41 bits per heavy atom. The Kier molecular flexibility index (Phi) is 4.23. The Bertz CT molecular complexity index is 334. The van der Waals surface area contributed by atoms with Gasteiger partial charge < -0.3 is 5.73 Å². The highest BCUT2D eigenvalue weighted by Gasteiger charge is 2.32. The lowest BCUT2D eigenvalue weighted by atomic mass is 9.91. The number of rotatable bonds is 3. The molecule has 2 rings (SSSR count). The second-order valence-electron chi connectivity index (χ2n) is 5.55. The standard InChI is InChI=1S/C14H24N2S/c1-10-6-7-11(2)16(9-10)14(12(3)15)13-5-4-8-17-13/h4-5,8,10-12,14H,6-7,9,15H2,1-3H3. The normalized spacial score (nSPS) is 30.1. The summed E-state index contributed by atoms with van der Waals surface area (Å²) in [4.78, 5) is 4.03. The van der Waals surface area contributed by atoms with E-state index in [-0.39, 0.29) is 6.04 Å². The van der Waals surface area contributed by atoms with Gasteiger partial charge in [-0.1, -0.05) is 13.0 Å². The Labute approximate surface area is 109 Å². The number of nitrogens with two attached hydrogens (primary N) is 1. The van der Waals surface area contributed by atoms with E-state index in [1.54, 1.807) is 0 Å². The van der Waals surface area contributed by atoms with Crippen molar-refractivity contribution in [1.29, 1.82) is 0 Å². The molecule has 1 aromatic heterocycles. The summed E-state index contributed by atoms with van der Waals surface area (Å²) in [6.45, 7) is 8.02. The molecule has 0 saturated carbocycles. The van der Waals surface area contributed by atoms with Crippen LogP contribution in [0.4, 0.5) is 0 Å². The Morgan fingerprint density at radius 2 is 2.18 bits per heavy atom. The molecule has 1 aliphatic rings. The van der Waals surface area contributed by atoms with E-state index in [1.165, 1.54) is 24.3 Å². The fourth-order valence-corrected chi connectivity index (χ4v) is 3.86. The van der Waals surface area contributed by atoms with E-state index >= 15 is 0 Å². The molecule has 1 fully saturated rings. The highest BCUT2D eigenvalue weighted by atomic mass is 32.1. The van der Waals surface area contributed by atoms with E-state index in [9.17, 15) is 0 Å². The van der Waals surface area contributed by atoms with Gasteiger partial charge in [0.05, 0.1) is 6.04 Å². The molecule has 4 atom stereocenters. The topological polar surface area (TPSA) is 29.3 Å². The molecule has 0 aromatic carbocycles. The zero-order chi connectivity index (χ0) is 12.4. The molecular formula is C14H24N2S. The number of thiophene rings is 1. The first kappa shape index (κ1) is 13.1. The number of likely N-dealkylation sites (tertiary alicyclic amines) is 1. The number of hydrogen-bond acceptors (Lipinski definition) is 3. The van der Waals surface area contributed by atoms with Crippen LogP contribution in [0.2, 0.25) is 0 Å². The summed E-state index contributed by atoms with van der Waals surface area (Å²) in [5.74, 6) is 0.799. The van der Waals surface area contributed by atoms with Gasteiger partial charge in [-0.3, -0.25) is 4.90 Å². The van der Waals surface area contributed by atoms with E-state index in [2.05, 4.69) is 43.2 Å². The molecular weight excluding hydrogens is 228 g/mol. The van der Waals surface area contributed by atoms with Crippen molar-refractivity contribution in [2.45, 2.75) is 51.7 Å². The largest absolute Gasteiger partial charge is 0.326 e. The second-order valence-corrected chi connectivity index (χ2v) is 6.53. The van der Waals surface area contributed by atoms with E-state index in [0.29, 0.717) is 12.1 Å². The maximum atomic E-state index is 6.23. The zero-order valence-electron chi connectivity index (χ0n) is 11.1. The molecule has 0 spiro atoms. The van der Waals surface area contributed by atoms with Crippen molar-refractivity contribution in [2.24, 2.45) is 11.7 Å². The van der Waals surface area contributed by atoms with Crippen LogP contribution >= 0.6 is 11.3 Å². The van der Waals surface area contributed by atoms with Crippen LogP contribution in [0.25, 0.3) is 0 Å². The minimum atomic E-state index is 0.196. The summed E-state index contributed by atoms with van der Waals surface area (Å²) in [7, 11) is 0. The van der Waals surface area contributed by atoms with Crippen LogP contribution < -0.4 is 5.73 Å². The minimum absolute atomic E-state index is 0.196. The van der Waals surface area contributed by atoms with Gasteiger partial charge in [-0.2, -0.15) is 0 Å². The molecule has 0 aliphatic carbocycles. The average molecular weight is 252 g/mol. The predicted molar refractivity (Wildman–Crippen MR) is 75.3 cm³/mol. The zero-order valence-corrected chi connectivity index (χ0v) is 11.9. The molecule has 2 heterocycles. The molecule has 1 aliphatic heterocycles. The van der Waals surface area contributed by atoms with Crippen molar-refractivity contribution in [3.8, 4) is 0 Å². The lowest BCUT2D eigenvalue weighted by Crippen LogP contribution is -2.48. The smallest absolute Gasteiger partial charge is 0.0593 e. The molecule has 3 heteroatoms. The van der Waals surface area contributed by atoms with Crippen LogP contribution in [0.1, 0.15) is 44.5 Å². The van der Waals surface area contributed by atoms with E-state index in [0.717, 1.165) is 5.92 Å². The first-order valence-corrected chi connectivity index (χ1v) is 7.52. The summed E-state index contributed by atoms with van der Waals surface area (Å²) >= 11 is 1.83. The van der Waals surface area contributed by atoms with Crippen LogP contribution in [0, 0.1) is 5.92 Å². The van der Waals surface area contributed by atoms with Gasteiger partial charge in [0, 0.05) is 23.5 Å². The Hall–Kier alpha value is -0.380. The summed E-state index contributed by atoms with van der Waals surface area (Å²) in [6.07, 6.45) is 2.66. The lowest BCUT2D eigenvalue weighted by molar-refractivity contribution is 0.0677.